The highest BCUT2D eigenvalue weighted by molar-refractivity contribution is 4.85. The zero-order valence-corrected chi connectivity index (χ0v) is 5.80. The summed E-state index contributed by atoms with van der Waals surface area (Å²) in [5, 5.41) is 8.37. The van der Waals surface area contributed by atoms with Crippen LogP contribution in [0.2, 0.25) is 0 Å². The Morgan fingerprint density at radius 2 is 2.56 bits per heavy atom. The van der Waals surface area contributed by atoms with Crippen molar-refractivity contribution in [1.29, 1.82) is 5.26 Å². The van der Waals surface area contributed by atoms with E-state index in [4.69, 9.17) is 5.26 Å². The smallest absolute Gasteiger partial charge is 0.0638 e. The quantitative estimate of drug-likeness (QED) is 0.521. The Morgan fingerprint density at radius 1 is 1.78 bits per heavy atom. The first-order valence-electron chi connectivity index (χ1n) is 3.42. The summed E-state index contributed by atoms with van der Waals surface area (Å²) in [6, 6.07) is 2.75. The molecule has 0 aliphatic carbocycles. The van der Waals surface area contributed by atoms with E-state index >= 15 is 0 Å². The van der Waals surface area contributed by atoms with E-state index in [0.29, 0.717) is 12.5 Å². The van der Waals surface area contributed by atoms with Gasteiger partial charge < -0.3 is 4.90 Å². The van der Waals surface area contributed by atoms with Gasteiger partial charge in [0.25, 0.3) is 0 Å². The molecule has 50 valence electrons. The molecule has 0 aromatic heterocycles. The van der Waals surface area contributed by atoms with Crippen LogP contribution in [-0.2, 0) is 0 Å². The summed E-state index contributed by atoms with van der Waals surface area (Å²) in [6.45, 7) is 1.17. The maximum atomic E-state index is 8.37. The molecule has 9 heavy (non-hydrogen) atoms. The minimum absolute atomic E-state index is 0.551. The molecule has 0 N–H and O–H groups in total. The van der Waals surface area contributed by atoms with E-state index in [1.165, 1.54) is 19.4 Å². The minimum Gasteiger partial charge on any atom is -0.302 e. The standard InChI is InChI=1S/C7H12N2/c1-9-6-2-3-7(9)4-5-8/h7H,2-4,6H2,1H3. The van der Waals surface area contributed by atoms with E-state index in [9.17, 15) is 0 Å². The van der Waals surface area contributed by atoms with Crippen molar-refractivity contribution in [2.75, 3.05) is 13.6 Å². The molecule has 0 spiro atoms. The Hall–Kier alpha value is -0.550. The number of hydrogen-bond acceptors (Lipinski definition) is 2. The molecule has 0 aromatic rings. The normalized spacial score (nSPS) is 28.2. The van der Waals surface area contributed by atoms with Crippen molar-refractivity contribution in [2.45, 2.75) is 25.3 Å². The molecule has 1 atom stereocenters. The number of nitriles is 1. The summed E-state index contributed by atoms with van der Waals surface area (Å²) in [5.41, 5.74) is 0. The highest BCUT2D eigenvalue weighted by Gasteiger charge is 2.19. The first kappa shape index (κ1) is 6.57. The van der Waals surface area contributed by atoms with Crippen LogP contribution in [-0.4, -0.2) is 24.5 Å². The average molecular weight is 124 g/mol. The van der Waals surface area contributed by atoms with Crippen molar-refractivity contribution < 1.29 is 0 Å². The Balaban J connectivity index is 2.33. The van der Waals surface area contributed by atoms with Gasteiger partial charge >= 0.3 is 0 Å². The molecule has 1 unspecified atom stereocenters. The number of likely N-dealkylation sites (tertiary alicyclic amines) is 1. The second-order valence-corrected chi connectivity index (χ2v) is 2.64. The largest absolute Gasteiger partial charge is 0.302 e. The molecule has 2 nitrogen and oxygen atoms in total. The van der Waals surface area contributed by atoms with Gasteiger partial charge in [0.05, 0.1) is 12.5 Å². The molecule has 0 radical (unpaired) electrons. The van der Waals surface area contributed by atoms with Crippen LogP contribution in [0.25, 0.3) is 0 Å². The fraction of sp³-hybridized carbons (Fsp3) is 0.857. The van der Waals surface area contributed by atoms with Gasteiger partial charge in [0, 0.05) is 6.04 Å². The monoisotopic (exact) mass is 124 g/mol. The molecule has 1 heterocycles. The predicted molar refractivity (Wildman–Crippen MR) is 35.9 cm³/mol. The lowest BCUT2D eigenvalue weighted by atomic mass is 10.2. The molecule has 1 saturated heterocycles. The molecule has 0 aromatic carbocycles. The van der Waals surface area contributed by atoms with Crippen molar-refractivity contribution in [3.8, 4) is 6.07 Å². The Kier molecular flexibility index (Phi) is 2.07. The van der Waals surface area contributed by atoms with Crippen LogP contribution >= 0.6 is 0 Å². The van der Waals surface area contributed by atoms with Gasteiger partial charge in [0.15, 0.2) is 0 Å². The molecule has 1 aliphatic heterocycles. The van der Waals surface area contributed by atoms with Gasteiger partial charge in [-0.1, -0.05) is 0 Å². The van der Waals surface area contributed by atoms with Crippen LogP contribution in [0.1, 0.15) is 19.3 Å². The third kappa shape index (κ3) is 1.43. The Bertz CT molecular complexity index is 125. The fourth-order valence-electron chi connectivity index (χ4n) is 1.34. The summed E-state index contributed by atoms with van der Waals surface area (Å²) in [6.07, 6.45) is 3.18. The van der Waals surface area contributed by atoms with Crippen molar-refractivity contribution >= 4 is 0 Å². The summed E-state index contributed by atoms with van der Waals surface area (Å²) in [4.78, 5) is 2.27. The van der Waals surface area contributed by atoms with Gasteiger partial charge in [0.2, 0.25) is 0 Å². The molecule has 1 fully saturated rings. The predicted octanol–water partition coefficient (Wildman–Crippen LogP) is 0.994. The zero-order valence-electron chi connectivity index (χ0n) is 5.80. The van der Waals surface area contributed by atoms with Crippen molar-refractivity contribution in [1.82, 2.24) is 4.90 Å². The highest BCUT2D eigenvalue weighted by atomic mass is 15.1. The van der Waals surface area contributed by atoms with Crippen LogP contribution < -0.4 is 0 Å². The number of nitrogens with zero attached hydrogens (tertiary/aromatic N) is 2. The lowest BCUT2D eigenvalue weighted by Gasteiger charge is -2.14. The average Bonchev–Trinajstić information content (AvgIpc) is 2.18. The molecule has 0 saturated carbocycles. The van der Waals surface area contributed by atoms with E-state index in [1.54, 1.807) is 0 Å². The van der Waals surface area contributed by atoms with E-state index in [2.05, 4.69) is 18.0 Å². The number of hydrogen-bond donors (Lipinski definition) is 0. The summed E-state index contributed by atoms with van der Waals surface area (Å²) >= 11 is 0. The Morgan fingerprint density at radius 3 is 3.00 bits per heavy atom. The van der Waals surface area contributed by atoms with Crippen LogP contribution in [0.5, 0.6) is 0 Å². The maximum absolute atomic E-state index is 8.37. The highest BCUT2D eigenvalue weighted by Crippen LogP contribution is 2.16. The summed E-state index contributed by atoms with van der Waals surface area (Å²) in [5.74, 6) is 0. The summed E-state index contributed by atoms with van der Waals surface area (Å²) < 4.78 is 0. The van der Waals surface area contributed by atoms with Crippen LogP contribution in [0.15, 0.2) is 0 Å². The summed E-state index contributed by atoms with van der Waals surface area (Å²) in [7, 11) is 2.09. The third-order valence-corrected chi connectivity index (χ3v) is 2.00. The Labute approximate surface area is 56.1 Å². The van der Waals surface area contributed by atoms with Crippen molar-refractivity contribution in [3.05, 3.63) is 0 Å². The molecule has 0 bridgehead atoms. The molecule has 2 heteroatoms. The fourth-order valence-corrected chi connectivity index (χ4v) is 1.34. The van der Waals surface area contributed by atoms with E-state index in [0.717, 1.165) is 0 Å². The van der Waals surface area contributed by atoms with Crippen LogP contribution in [0.4, 0.5) is 0 Å². The van der Waals surface area contributed by atoms with Gasteiger partial charge in [-0.3, -0.25) is 0 Å². The van der Waals surface area contributed by atoms with E-state index in [-0.39, 0.29) is 0 Å². The van der Waals surface area contributed by atoms with Gasteiger partial charge in [-0.25, -0.2) is 0 Å². The third-order valence-electron chi connectivity index (χ3n) is 2.00. The molecule has 0 amide bonds. The molecular formula is C7H12N2. The van der Waals surface area contributed by atoms with Gasteiger partial charge in [0.1, 0.15) is 0 Å². The van der Waals surface area contributed by atoms with Crippen molar-refractivity contribution in [2.24, 2.45) is 0 Å². The second-order valence-electron chi connectivity index (χ2n) is 2.64. The molecule has 1 rings (SSSR count). The maximum Gasteiger partial charge on any atom is 0.0638 e. The van der Waals surface area contributed by atoms with E-state index < -0.39 is 0 Å². The number of rotatable bonds is 1. The topological polar surface area (TPSA) is 27.0 Å². The first-order chi connectivity index (χ1) is 4.34. The van der Waals surface area contributed by atoms with Crippen molar-refractivity contribution in [3.63, 3.8) is 0 Å². The lowest BCUT2D eigenvalue weighted by molar-refractivity contribution is 0.315. The van der Waals surface area contributed by atoms with Crippen LogP contribution in [0, 0.1) is 11.3 Å². The van der Waals surface area contributed by atoms with Gasteiger partial charge in [-0.2, -0.15) is 5.26 Å². The SMILES string of the molecule is CN1CCCC1CC#N. The molecule has 1 aliphatic rings. The first-order valence-corrected chi connectivity index (χ1v) is 3.42. The zero-order chi connectivity index (χ0) is 6.69. The van der Waals surface area contributed by atoms with Gasteiger partial charge in [-0.15, -0.1) is 0 Å². The molecular weight excluding hydrogens is 112 g/mol. The second kappa shape index (κ2) is 2.84. The van der Waals surface area contributed by atoms with E-state index in [1.807, 2.05) is 0 Å². The van der Waals surface area contributed by atoms with Crippen LogP contribution in [0.3, 0.4) is 0 Å². The van der Waals surface area contributed by atoms with Gasteiger partial charge in [-0.05, 0) is 26.4 Å². The minimum atomic E-state index is 0.551. The lowest BCUT2D eigenvalue weighted by Crippen LogP contribution is -2.23.